The van der Waals surface area contributed by atoms with E-state index < -0.39 is 0 Å². The third-order valence-electron chi connectivity index (χ3n) is 5.58. The minimum Gasteiger partial charge on any atom is -0.366 e. The van der Waals surface area contributed by atoms with E-state index in [2.05, 4.69) is 31.9 Å². The molecule has 0 saturated carbocycles. The number of amides is 2. The molecule has 2 aromatic heterocycles. The zero-order chi connectivity index (χ0) is 21.1. The number of hydrogen-bond donors (Lipinski definition) is 1. The molecule has 2 aliphatic heterocycles. The van der Waals surface area contributed by atoms with Crippen molar-refractivity contribution in [2.75, 3.05) is 28.2 Å². The van der Waals surface area contributed by atoms with Crippen molar-refractivity contribution >= 4 is 35.6 Å². The number of aromatic nitrogens is 3. The van der Waals surface area contributed by atoms with E-state index in [0.717, 1.165) is 48.5 Å². The van der Waals surface area contributed by atoms with Crippen LogP contribution in [0.1, 0.15) is 32.4 Å². The van der Waals surface area contributed by atoms with E-state index in [4.69, 9.17) is 4.98 Å². The van der Waals surface area contributed by atoms with Crippen LogP contribution in [0, 0.1) is 0 Å². The Bertz CT molecular complexity index is 1020. The van der Waals surface area contributed by atoms with Gasteiger partial charge in [0, 0.05) is 31.1 Å². The van der Waals surface area contributed by atoms with E-state index in [1.165, 1.54) is 6.33 Å². The number of hydrogen-bond acceptors (Lipinski definition) is 6. The van der Waals surface area contributed by atoms with Gasteiger partial charge in [-0.05, 0) is 57.2 Å². The van der Waals surface area contributed by atoms with Crippen molar-refractivity contribution in [2.45, 2.75) is 32.7 Å². The number of nitrogens with zero attached hydrogens (tertiary/aromatic N) is 6. The molecule has 8 heteroatoms. The van der Waals surface area contributed by atoms with Crippen molar-refractivity contribution in [2.24, 2.45) is 4.99 Å². The van der Waals surface area contributed by atoms with Gasteiger partial charge < -0.3 is 4.90 Å². The van der Waals surface area contributed by atoms with E-state index in [0.29, 0.717) is 11.6 Å². The molecule has 0 spiro atoms. The zero-order valence-corrected chi connectivity index (χ0v) is 17.2. The highest BCUT2D eigenvalue weighted by molar-refractivity contribution is 6.04. The summed E-state index contributed by atoms with van der Waals surface area (Å²) in [4.78, 5) is 34.3. The van der Waals surface area contributed by atoms with Crippen LogP contribution in [0.4, 0.5) is 22.1 Å². The summed E-state index contributed by atoms with van der Waals surface area (Å²) in [5.74, 6) is 1.13. The maximum atomic E-state index is 13.3. The van der Waals surface area contributed by atoms with Gasteiger partial charge in [0.2, 0.25) is 0 Å². The van der Waals surface area contributed by atoms with Crippen LogP contribution in [-0.2, 0) is 0 Å². The van der Waals surface area contributed by atoms with E-state index in [1.807, 2.05) is 32.1 Å². The molecule has 1 atom stereocenters. The molecule has 2 aromatic rings. The lowest BCUT2D eigenvalue weighted by Crippen LogP contribution is -2.56. The number of aliphatic imine (C=N–C) groups is 1. The lowest BCUT2D eigenvalue weighted by molar-refractivity contribution is 0.252. The van der Waals surface area contributed by atoms with Crippen molar-refractivity contribution in [3.8, 4) is 0 Å². The Hall–Kier alpha value is -3.55. The molecule has 0 aliphatic carbocycles. The summed E-state index contributed by atoms with van der Waals surface area (Å²) in [6.07, 6.45) is 8.70. The van der Waals surface area contributed by atoms with Gasteiger partial charge in [0.1, 0.15) is 12.1 Å². The van der Waals surface area contributed by atoms with Gasteiger partial charge in [-0.25, -0.2) is 19.7 Å². The molecule has 4 rings (SSSR count). The van der Waals surface area contributed by atoms with Gasteiger partial charge in [0.05, 0.1) is 17.4 Å². The Morgan fingerprint density at radius 1 is 1.37 bits per heavy atom. The molecule has 0 unspecified atom stereocenters. The van der Waals surface area contributed by atoms with Gasteiger partial charge in [0.25, 0.3) is 0 Å². The highest BCUT2D eigenvalue weighted by Gasteiger charge is 2.38. The van der Waals surface area contributed by atoms with Crippen LogP contribution in [0.2, 0.25) is 0 Å². The Morgan fingerprint density at radius 2 is 2.23 bits per heavy atom. The molecular formula is C22H25N7O. The molecule has 2 amide bonds. The van der Waals surface area contributed by atoms with Crippen LogP contribution in [-0.4, -0.2) is 46.8 Å². The minimum absolute atomic E-state index is 0.0589. The number of fused-ring (bicyclic) bond motifs is 4. The van der Waals surface area contributed by atoms with Crippen molar-refractivity contribution in [3.05, 3.63) is 54.3 Å². The number of allylic oxidation sites excluding steroid dienone is 3. The maximum absolute atomic E-state index is 13.3. The van der Waals surface area contributed by atoms with Crippen LogP contribution in [0.3, 0.4) is 0 Å². The highest BCUT2D eigenvalue weighted by atomic mass is 16.2. The second-order valence-corrected chi connectivity index (χ2v) is 7.37. The normalized spacial score (nSPS) is 18.7. The average molecular weight is 403 g/mol. The van der Waals surface area contributed by atoms with Crippen molar-refractivity contribution < 1.29 is 4.79 Å². The lowest BCUT2D eigenvalue weighted by Gasteiger charge is -2.45. The standard InChI is InChI=1S/C22H25N7O/c1-4-15(2)17(12-23-3)18-7-8-19-21(26-18)29(16-6-5-11-28(19)13-16)22(30)27-20-9-10-24-14-25-20/h4,7-10,12,14,16H,3,5-6,11,13H2,1-2H3,(H,24,25,27,30)/b15-4-,17-12+/t16-/m0/s1. The summed E-state index contributed by atoms with van der Waals surface area (Å²) in [5.41, 5.74) is 3.66. The first-order valence-electron chi connectivity index (χ1n) is 10.0. The number of carbonyl (C=O) groups is 1. The lowest BCUT2D eigenvalue weighted by atomic mass is 9.98. The third kappa shape index (κ3) is 3.68. The van der Waals surface area contributed by atoms with E-state index in [1.54, 1.807) is 23.4 Å². The van der Waals surface area contributed by atoms with E-state index in [-0.39, 0.29) is 12.1 Å². The molecule has 30 heavy (non-hydrogen) atoms. The first-order chi connectivity index (χ1) is 14.6. The fourth-order valence-electron chi connectivity index (χ4n) is 3.99. The van der Waals surface area contributed by atoms with Gasteiger partial charge in [0.15, 0.2) is 5.82 Å². The van der Waals surface area contributed by atoms with Crippen LogP contribution in [0.15, 0.2) is 53.6 Å². The molecule has 2 aliphatic rings. The quantitative estimate of drug-likeness (QED) is 0.618. The SMILES string of the molecule is C=N/C=C(\C(C)=C/C)c1ccc2c(n1)N(C(=O)Nc1ccncn1)[C@H]1CCCN2C1. The number of nitrogens with one attached hydrogen (secondary N) is 1. The third-order valence-corrected chi connectivity index (χ3v) is 5.58. The number of piperidine rings is 1. The first kappa shape index (κ1) is 19.8. The van der Waals surface area contributed by atoms with Crippen molar-refractivity contribution in [1.82, 2.24) is 15.0 Å². The summed E-state index contributed by atoms with van der Waals surface area (Å²) >= 11 is 0. The molecule has 2 bridgehead atoms. The average Bonchev–Trinajstić information content (AvgIpc) is 2.77. The maximum Gasteiger partial charge on any atom is 0.329 e. The Morgan fingerprint density at radius 3 is 2.97 bits per heavy atom. The smallest absolute Gasteiger partial charge is 0.329 e. The topological polar surface area (TPSA) is 86.6 Å². The molecule has 0 radical (unpaired) electrons. The number of carbonyl (C=O) groups excluding carboxylic acids is 1. The van der Waals surface area contributed by atoms with Gasteiger partial charge in [-0.3, -0.25) is 15.2 Å². The zero-order valence-electron chi connectivity index (χ0n) is 17.2. The molecule has 154 valence electrons. The van der Waals surface area contributed by atoms with Crippen LogP contribution in [0.25, 0.3) is 5.57 Å². The fraction of sp³-hybridized carbons (Fsp3) is 0.318. The molecular weight excluding hydrogens is 378 g/mol. The van der Waals surface area contributed by atoms with Gasteiger partial charge >= 0.3 is 6.03 Å². The molecule has 1 N–H and O–H groups in total. The van der Waals surface area contributed by atoms with Gasteiger partial charge in [-0.1, -0.05) is 6.08 Å². The molecule has 1 saturated heterocycles. The van der Waals surface area contributed by atoms with E-state index in [9.17, 15) is 4.79 Å². The van der Waals surface area contributed by atoms with E-state index >= 15 is 0 Å². The van der Waals surface area contributed by atoms with Gasteiger partial charge in [-0.2, -0.15) is 0 Å². The van der Waals surface area contributed by atoms with Crippen LogP contribution < -0.4 is 15.1 Å². The Labute approximate surface area is 176 Å². The number of anilines is 3. The molecule has 1 fully saturated rings. The summed E-state index contributed by atoms with van der Waals surface area (Å²) in [7, 11) is 0. The Kier molecular flexibility index (Phi) is 5.56. The summed E-state index contributed by atoms with van der Waals surface area (Å²) in [6.45, 7) is 9.35. The highest BCUT2D eigenvalue weighted by Crippen LogP contribution is 2.39. The largest absolute Gasteiger partial charge is 0.366 e. The number of pyridine rings is 1. The predicted octanol–water partition coefficient (Wildman–Crippen LogP) is 3.90. The van der Waals surface area contributed by atoms with Crippen molar-refractivity contribution in [1.29, 1.82) is 0 Å². The molecule has 8 nitrogen and oxygen atoms in total. The molecule has 0 aromatic carbocycles. The van der Waals surface area contributed by atoms with Gasteiger partial charge in [-0.15, -0.1) is 0 Å². The summed E-state index contributed by atoms with van der Waals surface area (Å²) in [5, 5.41) is 2.89. The number of urea groups is 1. The summed E-state index contributed by atoms with van der Waals surface area (Å²) in [6, 6.07) is 5.53. The molecule has 4 heterocycles. The van der Waals surface area contributed by atoms with Crippen LogP contribution in [0.5, 0.6) is 0 Å². The second-order valence-electron chi connectivity index (χ2n) is 7.37. The van der Waals surface area contributed by atoms with Crippen LogP contribution >= 0.6 is 0 Å². The monoisotopic (exact) mass is 403 g/mol. The first-order valence-corrected chi connectivity index (χ1v) is 10.0. The summed E-state index contributed by atoms with van der Waals surface area (Å²) < 4.78 is 0. The Balaban J connectivity index is 1.77. The van der Waals surface area contributed by atoms with Crippen molar-refractivity contribution in [3.63, 3.8) is 0 Å². The fourth-order valence-corrected chi connectivity index (χ4v) is 3.99. The predicted molar refractivity (Wildman–Crippen MR) is 120 cm³/mol. The number of rotatable bonds is 4. The second kappa shape index (κ2) is 8.44. The minimum atomic E-state index is -0.235.